The highest BCUT2D eigenvalue weighted by atomic mass is 19.3. The van der Waals surface area contributed by atoms with Gasteiger partial charge < -0.3 is 9.84 Å². The van der Waals surface area contributed by atoms with Gasteiger partial charge in [-0.1, -0.05) is 18.0 Å². The van der Waals surface area contributed by atoms with Crippen molar-refractivity contribution >= 4 is 0 Å². The van der Waals surface area contributed by atoms with Gasteiger partial charge >= 0.3 is 6.43 Å². The third-order valence-electron chi connectivity index (χ3n) is 2.52. The molecule has 1 aliphatic rings. The molecule has 1 atom stereocenters. The molecule has 1 aromatic heterocycles. The topological polar surface area (TPSA) is 51.0 Å². The fourth-order valence-electron chi connectivity index (χ4n) is 1.73. The Morgan fingerprint density at radius 2 is 2.20 bits per heavy atom. The van der Waals surface area contributed by atoms with Crippen molar-refractivity contribution in [1.29, 1.82) is 0 Å². The van der Waals surface area contributed by atoms with E-state index in [-0.39, 0.29) is 6.04 Å². The lowest BCUT2D eigenvalue weighted by atomic mass is 10.1. The lowest BCUT2D eigenvalue weighted by Gasteiger charge is -2.09. The summed E-state index contributed by atoms with van der Waals surface area (Å²) in [6.07, 6.45) is 1.52. The monoisotopic (exact) mass is 217 g/mol. The van der Waals surface area contributed by atoms with Crippen LogP contribution in [0.3, 0.4) is 0 Å². The Labute approximate surface area is 86.0 Å². The molecule has 15 heavy (non-hydrogen) atoms. The maximum atomic E-state index is 12.2. The summed E-state index contributed by atoms with van der Waals surface area (Å²) >= 11 is 0. The van der Waals surface area contributed by atoms with Crippen LogP contribution >= 0.6 is 0 Å². The van der Waals surface area contributed by atoms with Crippen molar-refractivity contribution in [3.63, 3.8) is 0 Å². The lowest BCUT2D eigenvalue weighted by molar-refractivity contribution is 0.106. The zero-order valence-electron chi connectivity index (χ0n) is 8.25. The molecular formula is C9H13F2N3O. The molecule has 1 aromatic rings. The minimum atomic E-state index is -2.68. The number of rotatable bonds is 2. The van der Waals surface area contributed by atoms with Gasteiger partial charge in [0.1, 0.15) is 0 Å². The highest BCUT2D eigenvalue weighted by Crippen LogP contribution is 2.23. The first kappa shape index (κ1) is 10.5. The molecule has 4 nitrogen and oxygen atoms in total. The molecule has 0 bridgehead atoms. The molecule has 1 saturated heterocycles. The zero-order valence-corrected chi connectivity index (χ0v) is 8.25. The van der Waals surface area contributed by atoms with Crippen LogP contribution in [0, 0.1) is 0 Å². The molecule has 0 aromatic carbocycles. The van der Waals surface area contributed by atoms with Crippen LogP contribution in [0.5, 0.6) is 0 Å². The quantitative estimate of drug-likeness (QED) is 0.825. The second-order valence-electron chi connectivity index (χ2n) is 3.65. The summed E-state index contributed by atoms with van der Waals surface area (Å²) in [6, 6.07) is -0.0382. The Kier molecular flexibility index (Phi) is 3.25. The first-order valence-corrected chi connectivity index (χ1v) is 5.12. The van der Waals surface area contributed by atoms with E-state index in [0.29, 0.717) is 5.82 Å². The molecule has 1 unspecified atom stereocenters. The molecule has 1 fully saturated rings. The first-order chi connectivity index (χ1) is 7.27. The van der Waals surface area contributed by atoms with Crippen LogP contribution in [-0.2, 0) is 0 Å². The van der Waals surface area contributed by atoms with Gasteiger partial charge in [0.2, 0.25) is 0 Å². The smallest absolute Gasteiger partial charge is 0.315 e. The Bertz CT molecular complexity index is 308. The number of nitrogens with one attached hydrogen (secondary N) is 1. The average molecular weight is 217 g/mol. The van der Waals surface area contributed by atoms with E-state index >= 15 is 0 Å². The molecule has 0 aliphatic carbocycles. The number of aromatic nitrogens is 2. The summed E-state index contributed by atoms with van der Waals surface area (Å²) in [6.45, 7) is 0.878. The molecule has 84 valence electrons. The van der Waals surface area contributed by atoms with Crippen LogP contribution < -0.4 is 5.32 Å². The molecule has 0 saturated carbocycles. The number of alkyl halides is 2. The standard InChI is InChI=1S/C9H13F2N3O/c10-7(11)9-13-8(14-15-9)6-4-2-1-3-5-12-6/h6-7,12H,1-5H2. The van der Waals surface area contributed by atoms with Crippen LogP contribution in [0.25, 0.3) is 0 Å². The second kappa shape index (κ2) is 4.65. The highest BCUT2D eigenvalue weighted by Gasteiger charge is 2.22. The molecule has 0 amide bonds. The first-order valence-electron chi connectivity index (χ1n) is 5.12. The molecule has 1 aliphatic heterocycles. The van der Waals surface area contributed by atoms with Gasteiger partial charge in [0.05, 0.1) is 6.04 Å². The number of halogens is 2. The SMILES string of the molecule is FC(F)c1nc(C2CCCCCN2)no1. The predicted octanol–water partition coefficient (Wildman–Crippen LogP) is 2.21. The number of hydrogen-bond acceptors (Lipinski definition) is 4. The minimum Gasteiger partial charge on any atom is -0.333 e. The largest absolute Gasteiger partial charge is 0.333 e. The molecule has 6 heteroatoms. The van der Waals surface area contributed by atoms with E-state index < -0.39 is 12.3 Å². The highest BCUT2D eigenvalue weighted by molar-refractivity contribution is 4.95. The van der Waals surface area contributed by atoms with E-state index in [0.717, 1.165) is 32.2 Å². The molecule has 1 N–H and O–H groups in total. The second-order valence-corrected chi connectivity index (χ2v) is 3.65. The van der Waals surface area contributed by atoms with Crippen molar-refractivity contribution in [2.24, 2.45) is 0 Å². The molecular weight excluding hydrogens is 204 g/mol. The molecule has 0 spiro atoms. The molecule has 0 radical (unpaired) electrons. The van der Waals surface area contributed by atoms with E-state index in [2.05, 4.69) is 20.0 Å². The Morgan fingerprint density at radius 3 is 2.93 bits per heavy atom. The Balaban J connectivity index is 2.06. The van der Waals surface area contributed by atoms with E-state index in [1.165, 1.54) is 0 Å². The maximum Gasteiger partial charge on any atom is 0.315 e. The summed E-state index contributed by atoms with van der Waals surface area (Å²) < 4.78 is 28.9. The third-order valence-corrected chi connectivity index (χ3v) is 2.52. The Morgan fingerprint density at radius 1 is 1.33 bits per heavy atom. The molecule has 2 heterocycles. The van der Waals surface area contributed by atoms with Gasteiger partial charge in [-0.15, -0.1) is 0 Å². The van der Waals surface area contributed by atoms with E-state index in [4.69, 9.17) is 0 Å². The van der Waals surface area contributed by atoms with Gasteiger partial charge in [-0.25, -0.2) is 0 Å². The average Bonchev–Trinajstić information content (AvgIpc) is 2.55. The van der Waals surface area contributed by atoms with Crippen LogP contribution in [0.2, 0.25) is 0 Å². The van der Waals surface area contributed by atoms with Crippen LogP contribution in [-0.4, -0.2) is 16.7 Å². The van der Waals surface area contributed by atoms with Crippen molar-refractivity contribution in [1.82, 2.24) is 15.5 Å². The van der Waals surface area contributed by atoms with Crippen molar-refractivity contribution < 1.29 is 13.3 Å². The van der Waals surface area contributed by atoms with E-state index in [1.54, 1.807) is 0 Å². The van der Waals surface area contributed by atoms with Gasteiger partial charge in [0.25, 0.3) is 5.89 Å². The van der Waals surface area contributed by atoms with Crippen molar-refractivity contribution in [3.05, 3.63) is 11.7 Å². The number of hydrogen-bond donors (Lipinski definition) is 1. The summed E-state index contributed by atoms with van der Waals surface area (Å²) in [5, 5.41) is 6.79. The minimum absolute atomic E-state index is 0.0382. The van der Waals surface area contributed by atoms with Gasteiger partial charge in [-0.2, -0.15) is 13.8 Å². The lowest BCUT2D eigenvalue weighted by Crippen LogP contribution is -2.21. The van der Waals surface area contributed by atoms with Crippen LogP contribution in [0.15, 0.2) is 4.52 Å². The third kappa shape index (κ3) is 2.50. The van der Waals surface area contributed by atoms with E-state index in [1.807, 2.05) is 0 Å². The summed E-state index contributed by atoms with van der Waals surface area (Å²) in [5.74, 6) is -0.233. The van der Waals surface area contributed by atoms with Gasteiger partial charge in [-0.3, -0.25) is 0 Å². The van der Waals surface area contributed by atoms with Crippen LogP contribution in [0.1, 0.15) is 49.9 Å². The summed E-state index contributed by atoms with van der Waals surface area (Å²) in [5.41, 5.74) is 0. The van der Waals surface area contributed by atoms with Gasteiger partial charge in [0, 0.05) is 0 Å². The Hall–Kier alpha value is -1.04. The van der Waals surface area contributed by atoms with Gasteiger partial charge in [0.15, 0.2) is 5.82 Å². The fraction of sp³-hybridized carbons (Fsp3) is 0.778. The van der Waals surface area contributed by atoms with Crippen molar-refractivity contribution in [3.8, 4) is 0 Å². The number of nitrogens with zero attached hydrogens (tertiary/aromatic N) is 2. The fourth-order valence-corrected chi connectivity index (χ4v) is 1.73. The summed E-state index contributed by atoms with van der Waals surface area (Å²) in [7, 11) is 0. The zero-order chi connectivity index (χ0) is 10.7. The normalized spacial score (nSPS) is 23.0. The summed E-state index contributed by atoms with van der Waals surface area (Å²) in [4.78, 5) is 3.68. The molecule has 2 rings (SSSR count). The van der Waals surface area contributed by atoms with Crippen LogP contribution in [0.4, 0.5) is 8.78 Å². The van der Waals surface area contributed by atoms with Crippen molar-refractivity contribution in [2.75, 3.05) is 6.54 Å². The maximum absolute atomic E-state index is 12.2. The van der Waals surface area contributed by atoms with Gasteiger partial charge in [-0.05, 0) is 19.4 Å². The predicted molar refractivity (Wildman–Crippen MR) is 48.5 cm³/mol. The van der Waals surface area contributed by atoms with Crippen molar-refractivity contribution in [2.45, 2.75) is 38.2 Å². The van der Waals surface area contributed by atoms with E-state index in [9.17, 15) is 8.78 Å².